The molecule has 0 spiro atoms. The lowest BCUT2D eigenvalue weighted by atomic mass is 9.98. The van der Waals surface area contributed by atoms with Crippen LogP contribution in [0, 0.1) is 0 Å². The summed E-state index contributed by atoms with van der Waals surface area (Å²) in [6, 6.07) is 7.85. The topological polar surface area (TPSA) is 49.9 Å². The van der Waals surface area contributed by atoms with E-state index in [9.17, 15) is 9.59 Å². The molecule has 0 aliphatic carbocycles. The van der Waals surface area contributed by atoms with Gasteiger partial charge in [0.15, 0.2) is 0 Å². The van der Waals surface area contributed by atoms with Crippen LogP contribution in [0.5, 0.6) is 5.75 Å². The molecule has 2 amide bonds. The summed E-state index contributed by atoms with van der Waals surface area (Å²) in [5.74, 6) is 0.972. The average molecular weight is 346 g/mol. The normalized spacial score (nSPS) is 18.6. The van der Waals surface area contributed by atoms with Gasteiger partial charge in [0, 0.05) is 32.5 Å². The highest BCUT2D eigenvalue weighted by atomic mass is 16.5. The Morgan fingerprint density at radius 2 is 2.12 bits per heavy atom. The zero-order valence-corrected chi connectivity index (χ0v) is 15.8. The first-order valence-electron chi connectivity index (χ1n) is 9.18. The maximum Gasteiger partial charge on any atom is 0.225 e. The van der Waals surface area contributed by atoms with Gasteiger partial charge in [-0.25, -0.2) is 0 Å². The number of carbonyl (C=O) groups is 2. The number of piperidine rings is 1. The molecular formula is C20H30N2O3. The molecule has 1 aliphatic rings. The third-order valence-corrected chi connectivity index (χ3v) is 5.15. The number of likely N-dealkylation sites (tertiary alicyclic amines) is 1. The fourth-order valence-corrected chi connectivity index (χ4v) is 3.69. The van der Waals surface area contributed by atoms with Crippen molar-refractivity contribution < 1.29 is 14.3 Å². The Kier molecular flexibility index (Phi) is 6.85. The first kappa shape index (κ1) is 19.3. The first-order chi connectivity index (χ1) is 12.0. The molecule has 25 heavy (non-hydrogen) atoms. The Bertz CT molecular complexity index is 602. The minimum Gasteiger partial charge on any atom is -0.497 e. The third-order valence-electron chi connectivity index (χ3n) is 5.15. The Labute approximate surface area is 150 Å². The van der Waals surface area contributed by atoms with Crippen LogP contribution in [0.2, 0.25) is 0 Å². The smallest absolute Gasteiger partial charge is 0.225 e. The molecule has 1 saturated heterocycles. The molecule has 5 heteroatoms. The first-order valence-corrected chi connectivity index (χ1v) is 9.18. The van der Waals surface area contributed by atoms with Crippen molar-refractivity contribution in [2.75, 3.05) is 20.2 Å². The molecular weight excluding hydrogens is 316 g/mol. The number of hydrogen-bond acceptors (Lipinski definition) is 3. The number of carbonyl (C=O) groups excluding carboxylic acids is 2. The predicted molar refractivity (Wildman–Crippen MR) is 98.4 cm³/mol. The highest BCUT2D eigenvalue weighted by Crippen LogP contribution is 2.26. The summed E-state index contributed by atoms with van der Waals surface area (Å²) in [5.41, 5.74) is 1.06. The van der Waals surface area contributed by atoms with E-state index in [0.717, 1.165) is 37.1 Å². The van der Waals surface area contributed by atoms with Gasteiger partial charge in [-0.2, -0.15) is 0 Å². The van der Waals surface area contributed by atoms with Crippen LogP contribution in [0.4, 0.5) is 0 Å². The van der Waals surface area contributed by atoms with Crippen molar-refractivity contribution >= 4 is 11.8 Å². The summed E-state index contributed by atoms with van der Waals surface area (Å²) in [6.45, 7) is 7.05. The van der Waals surface area contributed by atoms with Crippen molar-refractivity contribution in [1.29, 1.82) is 0 Å². The molecule has 1 aromatic rings. The zero-order chi connectivity index (χ0) is 18.4. The van der Waals surface area contributed by atoms with Gasteiger partial charge < -0.3 is 14.5 Å². The molecule has 1 fully saturated rings. The van der Waals surface area contributed by atoms with Gasteiger partial charge in [0.2, 0.25) is 11.8 Å². The van der Waals surface area contributed by atoms with Gasteiger partial charge in [-0.3, -0.25) is 9.59 Å². The second-order valence-corrected chi connectivity index (χ2v) is 6.70. The monoisotopic (exact) mass is 346 g/mol. The Morgan fingerprint density at radius 1 is 1.36 bits per heavy atom. The molecule has 0 bridgehead atoms. The number of rotatable bonds is 6. The van der Waals surface area contributed by atoms with E-state index in [0.29, 0.717) is 13.0 Å². The SMILES string of the molecule is CCN(C(=O)C[C@@H]1CCCCN1C(C)=O)[C@H](C)c1cccc(OC)c1. The number of amides is 2. The minimum absolute atomic E-state index is 0.0260. The van der Waals surface area contributed by atoms with Gasteiger partial charge in [-0.1, -0.05) is 12.1 Å². The lowest BCUT2D eigenvalue weighted by molar-refractivity contribution is -0.138. The Hall–Kier alpha value is -2.04. The molecule has 1 heterocycles. The van der Waals surface area contributed by atoms with Crippen molar-refractivity contribution in [3.05, 3.63) is 29.8 Å². The van der Waals surface area contributed by atoms with E-state index in [1.807, 2.05) is 47.9 Å². The maximum atomic E-state index is 12.9. The lowest BCUT2D eigenvalue weighted by Crippen LogP contribution is -2.46. The van der Waals surface area contributed by atoms with Crippen LogP contribution in [0.25, 0.3) is 0 Å². The second-order valence-electron chi connectivity index (χ2n) is 6.70. The summed E-state index contributed by atoms with van der Waals surface area (Å²) in [6.07, 6.45) is 3.43. The van der Waals surface area contributed by atoms with E-state index >= 15 is 0 Å². The summed E-state index contributed by atoms with van der Waals surface area (Å²) >= 11 is 0. The van der Waals surface area contributed by atoms with Gasteiger partial charge >= 0.3 is 0 Å². The number of nitrogens with zero attached hydrogens (tertiary/aromatic N) is 2. The van der Waals surface area contributed by atoms with E-state index < -0.39 is 0 Å². The lowest BCUT2D eigenvalue weighted by Gasteiger charge is -2.37. The van der Waals surface area contributed by atoms with Crippen molar-refractivity contribution in [3.63, 3.8) is 0 Å². The second kappa shape index (κ2) is 8.88. The zero-order valence-electron chi connectivity index (χ0n) is 15.8. The Morgan fingerprint density at radius 3 is 2.76 bits per heavy atom. The van der Waals surface area contributed by atoms with Crippen LogP contribution in [-0.2, 0) is 9.59 Å². The van der Waals surface area contributed by atoms with Crippen molar-refractivity contribution in [3.8, 4) is 5.75 Å². The highest BCUT2D eigenvalue weighted by Gasteiger charge is 2.29. The van der Waals surface area contributed by atoms with E-state index in [4.69, 9.17) is 4.74 Å². The molecule has 138 valence electrons. The predicted octanol–water partition coefficient (Wildman–Crippen LogP) is 3.40. The fourth-order valence-electron chi connectivity index (χ4n) is 3.69. The van der Waals surface area contributed by atoms with Gasteiger partial charge in [0.05, 0.1) is 13.2 Å². The molecule has 1 aliphatic heterocycles. The molecule has 0 saturated carbocycles. The van der Waals surface area contributed by atoms with Gasteiger partial charge in [0.25, 0.3) is 0 Å². The van der Waals surface area contributed by atoms with E-state index in [2.05, 4.69) is 0 Å². The van der Waals surface area contributed by atoms with Crippen LogP contribution >= 0.6 is 0 Å². The summed E-state index contributed by atoms with van der Waals surface area (Å²) in [4.78, 5) is 28.5. The van der Waals surface area contributed by atoms with E-state index in [1.54, 1.807) is 14.0 Å². The van der Waals surface area contributed by atoms with Gasteiger partial charge in [0.1, 0.15) is 5.75 Å². The van der Waals surface area contributed by atoms with Crippen LogP contribution in [0.15, 0.2) is 24.3 Å². The summed E-state index contributed by atoms with van der Waals surface area (Å²) < 4.78 is 5.29. The van der Waals surface area contributed by atoms with Crippen molar-refractivity contribution in [1.82, 2.24) is 9.80 Å². The number of methoxy groups -OCH3 is 1. The minimum atomic E-state index is -0.0260. The summed E-state index contributed by atoms with van der Waals surface area (Å²) in [5, 5.41) is 0. The van der Waals surface area contributed by atoms with Gasteiger partial charge in [-0.05, 0) is 50.8 Å². The number of hydrogen-bond donors (Lipinski definition) is 0. The van der Waals surface area contributed by atoms with Crippen molar-refractivity contribution in [2.45, 2.75) is 58.5 Å². The average Bonchev–Trinajstić information content (AvgIpc) is 2.62. The fraction of sp³-hybridized carbons (Fsp3) is 0.600. The van der Waals surface area contributed by atoms with Crippen molar-refractivity contribution in [2.24, 2.45) is 0 Å². The molecule has 2 rings (SSSR count). The number of ether oxygens (including phenoxy) is 1. The molecule has 5 nitrogen and oxygen atoms in total. The van der Waals surface area contributed by atoms with Crippen LogP contribution in [0.3, 0.4) is 0 Å². The third kappa shape index (κ3) is 4.74. The molecule has 0 unspecified atom stereocenters. The molecule has 0 aromatic heterocycles. The van der Waals surface area contributed by atoms with E-state index in [-0.39, 0.29) is 23.9 Å². The molecule has 0 N–H and O–H groups in total. The quantitative estimate of drug-likeness (QED) is 0.793. The number of benzene rings is 1. The molecule has 2 atom stereocenters. The largest absolute Gasteiger partial charge is 0.497 e. The van der Waals surface area contributed by atoms with Crippen LogP contribution < -0.4 is 4.74 Å². The van der Waals surface area contributed by atoms with E-state index in [1.165, 1.54) is 0 Å². The Balaban J connectivity index is 2.10. The van der Waals surface area contributed by atoms with Crippen LogP contribution in [-0.4, -0.2) is 47.9 Å². The standard InChI is InChI=1S/C20H30N2O3/c1-5-21(15(2)17-9-8-11-19(13-17)25-4)20(24)14-18-10-6-7-12-22(18)16(3)23/h8-9,11,13,15,18H,5-7,10,12,14H2,1-4H3/t15-,18+/m1/s1. The molecule has 1 aromatic carbocycles. The summed E-state index contributed by atoms with van der Waals surface area (Å²) in [7, 11) is 1.64. The molecule has 0 radical (unpaired) electrons. The highest BCUT2D eigenvalue weighted by molar-refractivity contribution is 5.79. The maximum absolute atomic E-state index is 12.9. The van der Waals surface area contributed by atoms with Gasteiger partial charge in [-0.15, -0.1) is 0 Å². The van der Waals surface area contributed by atoms with Crippen LogP contribution in [0.1, 0.15) is 58.1 Å².